The molecular formula is C21H16N4O. The summed E-state index contributed by atoms with van der Waals surface area (Å²) in [5.41, 5.74) is 3.07. The molecule has 2 aromatic heterocycles. The number of rotatable bonds is 3. The molecule has 2 heterocycles. The van der Waals surface area contributed by atoms with Crippen LogP contribution in [0.3, 0.4) is 0 Å². The van der Waals surface area contributed by atoms with Gasteiger partial charge in [-0.3, -0.25) is 4.79 Å². The van der Waals surface area contributed by atoms with E-state index in [0.717, 1.165) is 23.5 Å². The summed E-state index contributed by atoms with van der Waals surface area (Å²) in [6.07, 6.45) is 3.74. The van der Waals surface area contributed by atoms with Gasteiger partial charge in [-0.05, 0) is 36.2 Å². The summed E-state index contributed by atoms with van der Waals surface area (Å²) >= 11 is 0. The van der Waals surface area contributed by atoms with Crippen molar-refractivity contribution in [3.63, 3.8) is 0 Å². The van der Waals surface area contributed by atoms with E-state index >= 15 is 0 Å². The number of aryl methyl sites for hydroxylation is 1. The molecule has 5 nitrogen and oxygen atoms in total. The van der Waals surface area contributed by atoms with Gasteiger partial charge in [0.2, 0.25) is 0 Å². The summed E-state index contributed by atoms with van der Waals surface area (Å²) in [4.78, 5) is 19.5. The highest BCUT2D eigenvalue weighted by molar-refractivity contribution is 5.89. The molecule has 26 heavy (non-hydrogen) atoms. The molecule has 0 unspecified atom stereocenters. The van der Waals surface area contributed by atoms with Gasteiger partial charge in [0.1, 0.15) is 5.82 Å². The molecule has 1 N–H and O–H groups in total. The third-order valence-electron chi connectivity index (χ3n) is 4.55. The molecule has 0 aliphatic rings. The Kier molecular flexibility index (Phi) is 3.86. The van der Waals surface area contributed by atoms with E-state index in [-0.39, 0.29) is 5.56 Å². The van der Waals surface area contributed by atoms with Crippen molar-refractivity contribution < 1.29 is 0 Å². The Morgan fingerprint density at radius 2 is 1.96 bits per heavy atom. The van der Waals surface area contributed by atoms with E-state index in [2.05, 4.69) is 20.6 Å². The zero-order valence-electron chi connectivity index (χ0n) is 14.2. The summed E-state index contributed by atoms with van der Waals surface area (Å²) < 4.78 is 2.08. The number of fused-ring (bicyclic) bond motifs is 1. The molecule has 126 valence electrons. The van der Waals surface area contributed by atoms with Crippen LogP contribution in [0.2, 0.25) is 0 Å². The molecule has 0 spiro atoms. The molecule has 5 heteroatoms. The Labute approximate surface area is 150 Å². The van der Waals surface area contributed by atoms with Crippen LogP contribution in [0.15, 0.2) is 65.7 Å². The number of pyridine rings is 1. The number of benzene rings is 2. The Bertz CT molecular complexity index is 1190. The summed E-state index contributed by atoms with van der Waals surface area (Å²) in [5, 5.41) is 10.5. The van der Waals surface area contributed by atoms with Crippen LogP contribution < -0.4 is 5.56 Å². The van der Waals surface area contributed by atoms with Gasteiger partial charge in [0.15, 0.2) is 0 Å². The maximum absolute atomic E-state index is 12.4. The molecule has 0 atom stereocenters. The maximum Gasteiger partial charge on any atom is 0.256 e. The molecular weight excluding hydrogens is 324 g/mol. The number of hydrogen-bond acceptors (Lipinski definition) is 3. The number of nitrogens with zero attached hydrogens (tertiary/aromatic N) is 3. The maximum atomic E-state index is 12.4. The quantitative estimate of drug-likeness (QED) is 0.619. The second-order valence-corrected chi connectivity index (χ2v) is 6.19. The first kappa shape index (κ1) is 15.9. The smallest absolute Gasteiger partial charge is 0.256 e. The zero-order valence-corrected chi connectivity index (χ0v) is 14.2. The van der Waals surface area contributed by atoms with Crippen LogP contribution in [-0.4, -0.2) is 14.5 Å². The number of nitriles is 1. The monoisotopic (exact) mass is 340 g/mol. The second kappa shape index (κ2) is 6.34. The van der Waals surface area contributed by atoms with Gasteiger partial charge in [0.05, 0.1) is 11.6 Å². The summed E-state index contributed by atoms with van der Waals surface area (Å²) in [7, 11) is 0. The highest BCUT2D eigenvalue weighted by atomic mass is 16.1. The SMILES string of the molecule is Cc1nccn1Cc1ccc(-c2cc3c(C#N)cccc3c(=O)[nH]2)cc1. The minimum atomic E-state index is -0.187. The lowest BCUT2D eigenvalue weighted by Crippen LogP contribution is -2.08. The largest absolute Gasteiger partial charge is 0.331 e. The third kappa shape index (κ3) is 2.78. The molecule has 2 aromatic carbocycles. The van der Waals surface area contributed by atoms with Crippen molar-refractivity contribution in [3.05, 3.63) is 88.2 Å². The Balaban J connectivity index is 1.73. The first-order valence-corrected chi connectivity index (χ1v) is 8.29. The Hall–Kier alpha value is -3.65. The lowest BCUT2D eigenvalue weighted by Gasteiger charge is -2.08. The van der Waals surface area contributed by atoms with Crippen LogP contribution in [0.5, 0.6) is 0 Å². The minimum absolute atomic E-state index is 0.187. The fourth-order valence-electron chi connectivity index (χ4n) is 3.10. The van der Waals surface area contributed by atoms with Crippen molar-refractivity contribution in [2.24, 2.45) is 0 Å². The van der Waals surface area contributed by atoms with Crippen LogP contribution in [0.25, 0.3) is 22.0 Å². The predicted octanol–water partition coefficient (Wildman–Crippen LogP) is 3.62. The topological polar surface area (TPSA) is 74.5 Å². The molecule has 0 saturated carbocycles. The lowest BCUT2D eigenvalue weighted by molar-refractivity contribution is 0.762. The Morgan fingerprint density at radius 1 is 1.15 bits per heavy atom. The van der Waals surface area contributed by atoms with Crippen LogP contribution in [-0.2, 0) is 6.54 Å². The molecule has 0 amide bonds. The molecule has 0 aliphatic carbocycles. The predicted molar refractivity (Wildman–Crippen MR) is 101 cm³/mol. The first-order chi connectivity index (χ1) is 12.7. The molecule has 0 fully saturated rings. The van der Waals surface area contributed by atoms with Crippen LogP contribution in [0, 0.1) is 18.3 Å². The molecule has 0 bridgehead atoms. The summed E-state index contributed by atoms with van der Waals surface area (Å²) in [5.74, 6) is 0.969. The van der Waals surface area contributed by atoms with Crippen molar-refractivity contribution in [1.29, 1.82) is 5.26 Å². The van der Waals surface area contributed by atoms with Gasteiger partial charge >= 0.3 is 0 Å². The highest BCUT2D eigenvalue weighted by Crippen LogP contribution is 2.23. The van der Waals surface area contributed by atoms with E-state index in [1.807, 2.05) is 43.5 Å². The van der Waals surface area contributed by atoms with Gasteiger partial charge in [-0.25, -0.2) is 4.98 Å². The molecule has 0 saturated heterocycles. The fourth-order valence-corrected chi connectivity index (χ4v) is 3.10. The van der Waals surface area contributed by atoms with E-state index < -0.39 is 0 Å². The van der Waals surface area contributed by atoms with Crippen molar-refractivity contribution in [1.82, 2.24) is 14.5 Å². The average molecular weight is 340 g/mol. The highest BCUT2D eigenvalue weighted by Gasteiger charge is 2.08. The van der Waals surface area contributed by atoms with Gasteiger partial charge < -0.3 is 9.55 Å². The van der Waals surface area contributed by atoms with Crippen LogP contribution >= 0.6 is 0 Å². The van der Waals surface area contributed by atoms with Crippen LogP contribution in [0.4, 0.5) is 0 Å². The molecule has 0 aliphatic heterocycles. The fraction of sp³-hybridized carbons (Fsp3) is 0.0952. The van der Waals surface area contributed by atoms with Gasteiger partial charge in [0, 0.05) is 35.4 Å². The zero-order chi connectivity index (χ0) is 18.1. The number of aromatic amines is 1. The van der Waals surface area contributed by atoms with Crippen molar-refractivity contribution in [2.45, 2.75) is 13.5 Å². The lowest BCUT2D eigenvalue weighted by atomic mass is 10.0. The van der Waals surface area contributed by atoms with Gasteiger partial charge in [0.25, 0.3) is 5.56 Å². The summed E-state index contributed by atoms with van der Waals surface area (Å²) in [6.45, 7) is 2.72. The average Bonchev–Trinajstić information content (AvgIpc) is 3.06. The number of aromatic nitrogens is 3. The number of H-pyrrole nitrogens is 1. The minimum Gasteiger partial charge on any atom is -0.331 e. The first-order valence-electron chi connectivity index (χ1n) is 8.29. The van der Waals surface area contributed by atoms with Crippen molar-refractivity contribution in [3.8, 4) is 17.3 Å². The summed E-state index contributed by atoms with van der Waals surface area (Å²) in [6, 6.07) is 17.2. The van der Waals surface area contributed by atoms with E-state index in [1.165, 1.54) is 0 Å². The van der Waals surface area contributed by atoms with E-state index in [1.54, 1.807) is 24.4 Å². The standard InChI is InChI=1S/C21H16N4O/c1-14-23-9-10-25(14)13-15-5-7-16(8-6-15)20-11-19-17(12-22)3-2-4-18(19)21(26)24-20/h2-11H,13H2,1H3,(H,24,26). The molecule has 4 rings (SSSR count). The number of hydrogen-bond donors (Lipinski definition) is 1. The molecule has 4 aromatic rings. The van der Waals surface area contributed by atoms with E-state index in [0.29, 0.717) is 22.0 Å². The molecule has 0 radical (unpaired) electrons. The van der Waals surface area contributed by atoms with E-state index in [9.17, 15) is 10.1 Å². The second-order valence-electron chi connectivity index (χ2n) is 6.19. The van der Waals surface area contributed by atoms with Crippen LogP contribution in [0.1, 0.15) is 17.0 Å². The normalized spacial score (nSPS) is 10.8. The van der Waals surface area contributed by atoms with Crippen molar-refractivity contribution >= 4 is 10.8 Å². The third-order valence-corrected chi connectivity index (χ3v) is 4.55. The number of nitrogens with one attached hydrogen (secondary N) is 1. The number of imidazole rings is 1. The van der Waals surface area contributed by atoms with Gasteiger partial charge in [-0.1, -0.05) is 30.3 Å². The Morgan fingerprint density at radius 3 is 2.65 bits per heavy atom. The van der Waals surface area contributed by atoms with Gasteiger partial charge in [-0.2, -0.15) is 5.26 Å². The van der Waals surface area contributed by atoms with Gasteiger partial charge in [-0.15, -0.1) is 0 Å². The van der Waals surface area contributed by atoms with E-state index in [4.69, 9.17) is 0 Å². The van der Waals surface area contributed by atoms with Crippen molar-refractivity contribution in [2.75, 3.05) is 0 Å².